The molecule has 0 aliphatic carbocycles. The third-order valence-corrected chi connectivity index (χ3v) is 3.53. The minimum absolute atomic E-state index is 0.791. The molecule has 0 amide bonds. The second kappa shape index (κ2) is 6.54. The van der Waals surface area contributed by atoms with Crippen LogP contribution in [0.4, 0.5) is 0 Å². The molecule has 0 unspecified atom stereocenters. The van der Waals surface area contributed by atoms with Crippen molar-refractivity contribution in [2.45, 2.75) is 13.5 Å². The van der Waals surface area contributed by atoms with Gasteiger partial charge >= 0.3 is 0 Å². The van der Waals surface area contributed by atoms with E-state index in [0.717, 1.165) is 26.3 Å². The van der Waals surface area contributed by atoms with Crippen LogP contribution in [0.5, 0.6) is 0 Å². The van der Waals surface area contributed by atoms with Crippen LogP contribution in [0.25, 0.3) is 0 Å². The average Bonchev–Trinajstić information content (AvgIpc) is 2.52. The summed E-state index contributed by atoms with van der Waals surface area (Å²) in [6.45, 7) is 5.43. The molecule has 0 aliphatic rings. The molecule has 74 valence electrons. The quantitative estimate of drug-likeness (QED) is 0.797. The zero-order valence-corrected chi connectivity index (χ0v) is 10.1. The van der Waals surface area contributed by atoms with E-state index < -0.39 is 0 Å². The number of ether oxygens (including phenoxy) is 1. The van der Waals surface area contributed by atoms with Gasteiger partial charge in [-0.15, -0.1) is 11.3 Å². The minimum atomic E-state index is 0.791. The summed E-state index contributed by atoms with van der Waals surface area (Å²) in [7, 11) is 0. The lowest BCUT2D eigenvalue weighted by Gasteiger charge is -2.03. The molecule has 0 radical (unpaired) electrons. The lowest BCUT2D eigenvalue weighted by Crippen LogP contribution is -2.18. The third kappa shape index (κ3) is 4.22. The first-order valence-electron chi connectivity index (χ1n) is 4.35. The van der Waals surface area contributed by atoms with Crippen LogP contribution < -0.4 is 5.32 Å². The zero-order chi connectivity index (χ0) is 9.52. The summed E-state index contributed by atoms with van der Waals surface area (Å²) in [5.41, 5.74) is 0. The Hall–Kier alpha value is 0.100. The van der Waals surface area contributed by atoms with Gasteiger partial charge in [-0.1, -0.05) is 0 Å². The molecular formula is C9H14BrNOS. The van der Waals surface area contributed by atoms with Crippen molar-refractivity contribution in [2.24, 2.45) is 0 Å². The SMILES string of the molecule is CCOCCNCc1sccc1Br. The normalized spacial score (nSPS) is 10.6. The Morgan fingerprint density at radius 1 is 1.62 bits per heavy atom. The van der Waals surface area contributed by atoms with Crippen LogP contribution >= 0.6 is 27.3 Å². The molecule has 0 saturated heterocycles. The van der Waals surface area contributed by atoms with Crippen LogP contribution in [-0.4, -0.2) is 19.8 Å². The van der Waals surface area contributed by atoms with Crippen molar-refractivity contribution < 1.29 is 4.74 Å². The molecule has 2 nitrogen and oxygen atoms in total. The fourth-order valence-electron chi connectivity index (χ4n) is 0.942. The van der Waals surface area contributed by atoms with Gasteiger partial charge in [0.2, 0.25) is 0 Å². The van der Waals surface area contributed by atoms with Crippen molar-refractivity contribution in [3.05, 3.63) is 20.8 Å². The second-order valence-electron chi connectivity index (χ2n) is 2.57. The highest BCUT2D eigenvalue weighted by Crippen LogP contribution is 2.21. The van der Waals surface area contributed by atoms with Crippen molar-refractivity contribution in [3.63, 3.8) is 0 Å². The van der Waals surface area contributed by atoms with E-state index in [0.29, 0.717) is 0 Å². The Balaban J connectivity index is 2.10. The van der Waals surface area contributed by atoms with E-state index in [1.165, 1.54) is 9.35 Å². The Labute approximate surface area is 91.4 Å². The number of rotatable bonds is 6. The fraction of sp³-hybridized carbons (Fsp3) is 0.556. The highest BCUT2D eigenvalue weighted by Gasteiger charge is 1.99. The van der Waals surface area contributed by atoms with Crippen molar-refractivity contribution in [1.82, 2.24) is 5.32 Å². The van der Waals surface area contributed by atoms with E-state index in [9.17, 15) is 0 Å². The number of hydrogen-bond donors (Lipinski definition) is 1. The smallest absolute Gasteiger partial charge is 0.0590 e. The maximum absolute atomic E-state index is 5.21. The maximum Gasteiger partial charge on any atom is 0.0590 e. The van der Waals surface area contributed by atoms with Crippen molar-refractivity contribution in [1.29, 1.82) is 0 Å². The summed E-state index contributed by atoms with van der Waals surface area (Å²) in [6, 6.07) is 2.07. The minimum Gasteiger partial charge on any atom is -0.380 e. The molecule has 1 rings (SSSR count). The Morgan fingerprint density at radius 3 is 3.08 bits per heavy atom. The second-order valence-corrected chi connectivity index (χ2v) is 4.42. The predicted molar refractivity (Wildman–Crippen MR) is 60.2 cm³/mol. The summed E-state index contributed by atoms with van der Waals surface area (Å²) in [5, 5.41) is 5.41. The molecular weight excluding hydrogens is 250 g/mol. The van der Waals surface area contributed by atoms with Gasteiger partial charge in [0.15, 0.2) is 0 Å². The molecule has 1 aromatic rings. The molecule has 0 saturated carbocycles. The van der Waals surface area contributed by atoms with Crippen LogP contribution in [0.15, 0.2) is 15.9 Å². The highest BCUT2D eigenvalue weighted by molar-refractivity contribution is 9.10. The first kappa shape index (κ1) is 11.2. The molecule has 1 heterocycles. The summed E-state index contributed by atoms with van der Waals surface area (Å²) in [6.07, 6.45) is 0. The zero-order valence-electron chi connectivity index (χ0n) is 7.68. The van der Waals surface area contributed by atoms with Crippen LogP contribution in [0.3, 0.4) is 0 Å². The van der Waals surface area contributed by atoms with Gasteiger partial charge in [-0.25, -0.2) is 0 Å². The number of nitrogens with one attached hydrogen (secondary N) is 1. The molecule has 0 bridgehead atoms. The van der Waals surface area contributed by atoms with Gasteiger partial charge in [-0.2, -0.15) is 0 Å². The summed E-state index contributed by atoms with van der Waals surface area (Å²) < 4.78 is 6.41. The van der Waals surface area contributed by atoms with Crippen LogP contribution in [0, 0.1) is 0 Å². The molecule has 1 aromatic heterocycles. The first-order chi connectivity index (χ1) is 6.34. The van der Waals surface area contributed by atoms with Gasteiger partial charge in [0.1, 0.15) is 0 Å². The third-order valence-electron chi connectivity index (χ3n) is 1.60. The standard InChI is InChI=1S/C9H14BrNOS/c1-2-12-5-4-11-7-9-8(10)3-6-13-9/h3,6,11H,2,4-5,7H2,1H3. The Morgan fingerprint density at radius 2 is 2.46 bits per heavy atom. The largest absolute Gasteiger partial charge is 0.380 e. The van der Waals surface area contributed by atoms with Gasteiger partial charge in [0, 0.05) is 29.0 Å². The molecule has 0 spiro atoms. The average molecular weight is 264 g/mol. The number of halogens is 1. The lowest BCUT2D eigenvalue weighted by atomic mass is 10.4. The van der Waals surface area contributed by atoms with Crippen LogP contribution in [-0.2, 0) is 11.3 Å². The highest BCUT2D eigenvalue weighted by atomic mass is 79.9. The van der Waals surface area contributed by atoms with Crippen LogP contribution in [0.2, 0.25) is 0 Å². The van der Waals surface area contributed by atoms with E-state index in [4.69, 9.17) is 4.74 Å². The molecule has 13 heavy (non-hydrogen) atoms. The van der Waals surface area contributed by atoms with Gasteiger partial charge in [0.05, 0.1) is 6.61 Å². The Kier molecular flexibility index (Phi) is 5.62. The van der Waals surface area contributed by atoms with Gasteiger partial charge in [-0.3, -0.25) is 0 Å². The van der Waals surface area contributed by atoms with E-state index in [-0.39, 0.29) is 0 Å². The van der Waals surface area contributed by atoms with Crippen molar-refractivity contribution >= 4 is 27.3 Å². The summed E-state index contributed by atoms with van der Waals surface area (Å²) in [4.78, 5) is 1.34. The van der Waals surface area contributed by atoms with Gasteiger partial charge in [-0.05, 0) is 34.3 Å². The molecule has 0 aromatic carbocycles. The number of thiophene rings is 1. The Bertz CT molecular complexity index is 239. The van der Waals surface area contributed by atoms with Crippen molar-refractivity contribution in [2.75, 3.05) is 19.8 Å². The summed E-state index contributed by atoms with van der Waals surface area (Å²) >= 11 is 5.25. The van der Waals surface area contributed by atoms with Gasteiger partial charge in [0.25, 0.3) is 0 Å². The van der Waals surface area contributed by atoms with E-state index in [2.05, 4.69) is 32.7 Å². The molecule has 4 heteroatoms. The topological polar surface area (TPSA) is 21.3 Å². The van der Waals surface area contributed by atoms with E-state index in [1.807, 2.05) is 6.92 Å². The van der Waals surface area contributed by atoms with Crippen LogP contribution in [0.1, 0.15) is 11.8 Å². The lowest BCUT2D eigenvalue weighted by molar-refractivity contribution is 0.149. The maximum atomic E-state index is 5.21. The molecule has 1 N–H and O–H groups in total. The van der Waals surface area contributed by atoms with Crippen molar-refractivity contribution in [3.8, 4) is 0 Å². The fourth-order valence-corrected chi connectivity index (χ4v) is 2.40. The monoisotopic (exact) mass is 263 g/mol. The van der Waals surface area contributed by atoms with Gasteiger partial charge < -0.3 is 10.1 Å². The summed E-state index contributed by atoms with van der Waals surface area (Å²) in [5.74, 6) is 0. The molecule has 0 atom stereocenters. The predicted octanol–water partition coefficient (Wildman–Crippen LogP) is 2.64. The first-order valence-corrected chi connectivity index (χ1v) is 6.02. The van der Waals surface area contributed by atoms with E-state index >= 15 is 0 Å². The molecule has 0 fully saturated rings. The molecule has 0 aliphatic heterocycles. The van der Waals surface area contributed by atoms with E-state index in [1.54, 1.807) is 11.3 Å². The number of hydrogen-bond acceptors (Lipinski definition) is 3.